The van der Waals surface area contributed by atoms with Gasteiger partial charge in [0.2, 0.25) is 0 Å². The zero-order chi connectivity index (χ0) is 15.0. The lowest BCUT2D eigenvalue weighted by Crippen LogP contribution is -2.34. The number of likely N-dealkylation sites (N-methyl/N-ethyl adjacent to an activating group) is 1. The molecule has 1 aromatic carbocycles. The van der Waals surface area contributed by atoms with Gasteiger partial charge in [-0.1, -0.05) is 12.1 Å². The Morgan fingerprint density at radius 1 is 1.40 bits per heavy atom. The SMILES string of the molecule is CCOC(=O)C(N)Cc1cccc(OCCN(C)C)c1. The summed E-state index contributed by atoms with van der Waals surface area (Å²) in [6.45, 7) is 3.59. The van der Waals surface area contributed by atoms with E-state index >= 15 is 0 Å². The third kappa shape index (κ3) is 6.04. The zero-order valence-corrected chi connectivity index (χ0v) is 12.5. The summed E-state index contributed by atoms with van der Waals surface area (Å²) < 4.78 is 10.5. The van der Waals surface area contributed by atoms with Crippen LogP contribution in [0.5, 0.6) is 5.75 Å². The molecule has 0 bridgehead atoms. The van der Waals surface area contributed by atoms with E-state index in [0.717, 1.165) is 17.9 Å². The fourth-order valence-electron chi connectivity index (χ4n) is 1.69. The molecule has 5 nitrogen and oxygen atoms in total. The van der Waals surface area contributed by atoms with E-state index in [1.54, 1.807) is 6.92 Å². The van der Waals surface area contributed by atoms with Crippen LogP contribution in [0.25, 0.3) is 0 Å². The first kappa shape index (κ1) is 16.5. The van der Waals surface area contributed by atoms with Crippen molar-refractivity contribution < 1.29 is 14.3 Å². The minimum Gasteiger partial charge on any atom is -0.492 e. The highest BCUT2D eigenvalue weighted by Crippen LogP contribution is 2.14. The van der Waals surface area contributed by atoms with Gasteiger partial charge in [0.05, 0.1) is 6.61 Å². The lowest BCUT2D eigenvalue weighted by molar-refractivity contribution is -0.144. The molecular weight excluding hydrogens is 256 g/mol. The molecule has 5 heteroatoms. The third-order valence-electron chi connectivity index (χ3n) is 2.75. The lowest BCUT2D eigenvalue weighted by atomic mass is 10.1. The van der Waals surface area contributed by atoms with Gasteiger partial charge in [-0.25, -0.2) is 0 Å². The number of nitrogens with two attached hydrogens (primary N) is 1. The second-order valence-corrected chi connectivity index (χ2v) is 4.86. The van der Waals surface area contributed by atoms with Crippen LogP contribution in [0, 0.1) is 0 Å². The van der Waals surface area contributed by atoms with Gasteiger partial charge in [0.1, 0.15) is 18.4 Å². The first-order valence-corrected chi connectivity index (χ1v) is 6.81. The van der Waals surface area contributed by atoms with E-state index in [9.17, 15) is 4.79 Å². The molecule has 0 saturated carbocycles. The number of benzene rings is 1. The standard InChI is InChI=1S/C15H24N2O3/c1-4-19-15(18)14(16)11-12-6-5-7-13(10-12)20-9-8-17(2)3/h5-7,10,14H,4,8-9,11,16H2,1-3H3. The molecule has 0 aliphatic heterocycles. The maximum atomic E-state index is 11.5. The summed E-state index contributed by atoms with van der Waals surface area (Å²) in [6, 6.07) is 7.01. The van der Waals surface area contributed by atoms with Crippen molar-refractivity contribution in [2.75, 3.05) is 33.9 Å². The van der Waals surface area contributed by atoms with Gasteiger partial charge in [0, 0.05) is 6.54 Å². The molecule has 0 radical (unpaired) electrons. The molecule has 20 heavy (non-hydrogen) atoms. The number of hydrogen-bond donors (Lipinski definition) is 1. The van der Waals surface area contributed by atoms with Crippen molar-refractivity contribution in [1.29, 1.82) is 0 Å². The Balaban J connectivity index is 2.52. The third-order valence-corrected chi connectivity index (χ3v) is 2.75. The summed E-state index contributed by atoms with van der Waals surface area (Å²) in [6.07, 6.45) is 0.448. The quantitative estimate of drug-likeness (QED) is 0.721. The van der Waals surface area contributed by atoms with E-state index in [1.165, 1.54) is 0 Å². The predicted molar refractivity (Wildman–Crippen MR) is 78.8 cm³/mol. The van der Waals surface area contributed by atoms with E-state index in [1.807, 2.05) is 38.4 Å². The predicted octanol–water partition coefficient (Wildman–Crippen LogP) is 1.06. The van der Waals surface area contributed by atoms with Gasteiger partial charge in [0.15, 0.2) is 0 Å². The molecule has 0 saturated heterocycles. The van der Waals surface area contributed by atoms with Crippen LogP contribution in [0.4, 0.5) is 0 Å². The van der Waals surface area contributed by atoms with Crippen molar-refractivity contribution in [3.05, 3.63) is 29.8 Å². The summed E-state index contributed by atoms with van der Waals surface area (Å²) in [4.78, 5) is 13.6. The van der Waals surface area contributed by atoms with Crippen molar-refractivity contribution in [3.63, 3.8) is 0 Å². The van der Waals surface area contributed by atoms with Gasteiger partial charge in [-0.05, 0) is 45.1 Å². The van der Waals surface area contributed by atoms with E-state index < -0.39 is 6.04 Å². The van der Waals surface area contributed by atoms with Gasteiger partial charge in [-0.15, -0.1) is 0 Å². The van der Waals surface area contributed by atoms with Gasteiger partial charge in [-0.2, -0.15) is 0 Å². The normalized spacial score (nSPS) is 12.2. The monoisotopic (exact) mass is 280 g/mol. The van der Waals surface area contributed by atoms with Crippen LogP contribution in [0.3, 0.4) is 0 Å². The molecule has 1 aromatic rings. The fourth-order valence-corrected chi connectivity index (χ4v) is 1.69. The number of ether oxygens (including phenoxy) is 2. The first-order chi connectivity index (χ1) is 9.52. The van der Waals surface area contributed by atoms with Gasteiger partial charge < -0.3 is 20.1 Å². The highest BCUT2D eigenvalue weighted by atomic mass is 16.5. The molecular formula is C15H24N2O3. The Morgan fingerprint density at radius 2 is 2.15 bits per heavy atom. The molecule has 0 spiro atoms. The first-order valence-electron chi connectivity index (χ1n) is 6.81. The Morgan fingerprint density at radius 3 is 2.80 bits per heavy atom. The van der Waals surface area contributed by atoms with Crippen molar-refractivity contribution >= 4 is 5.97 Å². The molecule has 1 rings (SSSR count). The van der Waals surface area contributed by atoms with Crippen molar-refractivity contribution in [1.82, 2.24) is 4.90 Å². The maximum Gasteiger partial charge on any atom is 0.323 e. The number of carbonyl (C=O) groups excluding carboxylic acids is 1. The highest BCUT2D eigenvalue weighted by Gasteiger charge is 2.15. The summed E-state index contributed by atoms with van der Waals surface area (Å²) >= 11 is 0. The maximum absolute atomic E-state index is 11.5. The second kappa shape index (κ2) is 8.55. The summed E-state index contributed by atoms with van der Waals surface area (Å²) in [7, 11) is 4.00. The summed E-state index contributed by atoms with van der Waals surface area (Å²) in [5.41, 5.74) is 6.77. The smallest absolute Gasteiger partial charge is 0.323 e. The lowest BCUT2D eigenvalue weighted by Gasteiger charge is -2.13. The Kier molecular flexibility index (Phi) is 7.04. The van der Waals surface area contributed by atoms with Crippen LogP contribution in [0.2, 0.25) is 0 Å². The molecule has 0 aliphatic carbocycles. The van der Waals surface area contributed by atoms with Crippen LogP contribution in [0.15, 0.2) is 24.3 Å². The molecule has 2 N–H and O–H groups in total. The molecule has 0 heterocycles. The molecule has 0 aliphatic rings. The van der Waals surface area contributed by atoms with Gasteiger partial charge in [-0.3, -0.25) is 4.79 Å². The minimum atomic E-state index is -0.632. The van der Waals surface area contributed by atoms with Crippen molar-refractivity contribution in [2.45, 2.75) is 19.4 Å². The number of hydrogen-bond acceptors (Lipinski definition) is 5. The van der Waals surface area contributed by atoms with Gasteiger partial charge >= 0.3 is 5.97 Å². The Bertz CT molecular complexity index is 421. The minimum absolute atomic E-state index is 0.347. The second-order valence-electron chi connectivity index (χ2n) is 4.86. The molecule has 1 unspecified atom stereocenters. The average Bonchev–Trinajstić information content (AvgIpc) is 2.39. The highest BCUT2D eigenvalue weighted by molar-refractivity contribution is 5.75. The van der Waals surface area contributed by atoms with E-state index in [2.05, 4.69) is 4.90 Å². The largest absolute Gasteiger partial charge is 0.492 e. The van der Waals surface area contributed by atoms with Crippen LogP contribution in [-0.4, -0.2) is 50.8 Å². The molecule has 0 amide bonds. The summed E-state index contributed by atoms with van der Waals surface area (Å²) in [5, 5.41) is 0. The summed E-state index contributed by atoms with van der Waals surface area (Å²) in [5.74, 6) is 0.423. The van der Waals surface area contributed by atoms with Crippen LogP contribution in [0.1, 0.15) is 12.5 Å². The van der Waals surface area contributed by atoms with E-state index in [-0.39, 0.29) is 5.97 Å². The van der Waals surface area contributed by atoms with E-state index in [0.29, 0.717) is 19.6 Å². The van der Waals surface area contributed by atoms with E-state index in [4.69, 9.17) is 15.2 Å². The average molecular weight is 280 g/mol. The van der Waals surface area contributed by atoms with Crippen LogP contribution >= 0.6 is 0 Å². The number of nitrogens with zero attached hydrogens (tertiary/aromatic N) is 1. The zero-order valence-electron chi connectivity index (χ0n) is 12.5. The fraction of sp³-hybridized carbons (Fsp3) is 0.533. The van der Waals surface area contributed by atoms with Crippen molar-refractivity contribution in [3.8, 4) is 5.75 Å². The molecule has 0 fully saturated rings. The number of carbonyl (C=O) groups is 1. The Hall–Kier alpha value is -1.59. The van der Waals surface area contributed by atoms with Crippen LogP contribution in [-0.2, 0) is 16.0 Å². The van der Waals surface area contributed by atoms with Crippen LogP contribution < -0.4 is 10.5 Å². The number of esters is 1. The topological polar surface area (TPSA) is 64.8 Å². The van der Waals surface area contributed by atoms with Gasteiger partial charge in [0.25, 0.3) is 0 Å². The molecule has 1 atom stereocenters. The number of rotatable bonds is 8. The molecule has 0 aromatic heterocycles. The Labute approximate surface area is 120 Å². The van der Waals surface area contributed by atoms with Crippen molar-refractivity contribution in [2.24, 2.45) is 5.73 Å². The molecule has 112 valence electrons.